The average molecular weight is 379 g/mol. The summed E-state index contributed by atoms with van der Waals surface area (Å²) in [5.41, 5.74) is 1.40. The highest BCUT2D eigenvalue weighted by Gasteiger charge is 2.18. The summed E-state index contributed by atoms with van der Waals surface area (Å²) in [5.74, 6) is -0.485. The topological polar surface area (TPSA) is 81.1 Å². The molecule has 2 heterocycles. The van der Waals surface area contributed by atoms with Crippen LogP contribution in [0.15, 0.2) is 50.8 Å². The third-order valence-electron chi connectivity index (χ3n) is 3.52. The summed E-state index contributed by atoms with van der Waals surface area (Å²) in [4.78, 5) is 11.4. The van der Waals surface area contributed by atoms with Gasteiger partial charge in [-0.05, 0) is 36.8 Å². The summed E-state index contributed by atoms with van der Waals surface area (Å²) >= 11 is 1.02. The third kappa shape index (κ3) is 3.62. The van der Waals surface area contributed by atoms with Crippen molar-refractivity contribution in [3.05, 3.63) is 63.5 Å². The van der Waals surface area contributed by atoms with E-state index in [0.29, 0.717) is 16.8 Å². The van der Waals surface area contributed by atoms with Gasteiger partial charge in [-0.3, -0.25) is 9.52 Å². The minimum atomic E-state index is -3.84. The second-order valence-corrected chi connectivity index (χ2v) is 8.22. The van der Waals surface area contributed by atoms with Gasteiger partial charge in [-0.15, -0.1) is 11.3 Å². The lowest BCUT2D eigenvalue weighted by Crippen LogP contribution is -2.18. The molecule has 25 heavy (non-hydrogen) atoms. The molecule has 1 aromatic carbocycles. The number of hydrogen-bond donors (Lipinski definition) is 1. The molecule has 0 unspecified atom stereocenters. The summed E-state index contributed by atoms with van der Waals surface area (Å²) in [6, 6.07) is 8.49. The fraction of sp³-hybridized carbons (Fsp3) is 0.125. The number of nitrogens with zero attached hydrogens (tertiary/aromatic N) is 2. The molecule has 2 aromatic heterocycles. The molecule has 9 heteroatoms. The minimum absolute atomic E-state index is 0.0686. The number of anilines is 1. The summed E-state index contributed by atoms with van der Waals surface area (Å²) < 4.78 is 42.1. The van der Waals surface area contributed by atoms with Crippen molar-refractivity contribution in [2.75, 3.05) is 4.72 Å². The van der Waals surface area contributed by atoms with Crippen molar-refractivity contribution in [3.8, 4) is 11.3 Å². The molecule has 3 aromatic rings. The molecule has 0 fully saturated rings. The first kappa shape index (κ1) is 17.3. The van der Waals surface area contributed by atoms with Crippen LogP contribution in [0.5, 0.6) is 0 Å². The standard InChI is InChI=1S/C16H14FN3O3S2/c1-10-3-4-12(8-13(10)17)19-25(22,23)16-7-11(9-24-16)14-5-6-15(21)20(2)18-14/h3-9,19H,1-2H3. The Morgan fingerprint density at radius 3 is 2.64 bits per heavy atom. The molecule has 0 bridgehead atoms. The molecule has 0 aliphatic carbocycles. The fourth-order valence-corrected chi connectivity index (χ4v) is 4.33. The molecule has 0 saturated heterocycles. The van der Waals surface area contributed by atoms with Gasteiger partial charge in [0.05, 0.1) is 11.4 Å². The van der Waals surface area contributed by atoms with Crippen LogP contribution in [0, 0.1) is 12.7 Å². The Labute approximate surface area is 147 Å². The summed E-state index contributed by atoms with van der Waals surface area (Å²) in [7, 11) is -2.33. The van der Waals surface area contributed by atoms with Gasteiger partial charge in [0.25, 0.3) is 15.6 Å². The second kappa shape index (κ2) is 6.41. The lowest BCUT2D eigenvalue weighted by Gasteiger charge is -2.07. The zero-order valence-electron chi connectivity index (χ0n) is 13.4. The van der Waals surface area contributed by atoms with E-state index in [0.717, 1.165) is 17.4 Å². The van der Waals surface area contributed by atoms with Gasteiger partial charge < -0.3 is 0 Å². The lowest BCUT2D eigenvalue weighted by molar-refractivity contribution is 0.603. The van der Waals surface area contributed by atoms with E-state index >= 15 is 0 Å². The fourth-order valence-electron chi connectivity index (χ4n) is 2.11. The van der Waals surface area contributed by atoms with E-state index in [1.54, 1.807) is 12.3 Å². The van der Waals surface area contributed by atoms with E-state index in [4.69, 9.17) is 0 Å². The van der Waals surface area contributed by atoms with E-state index in [-0.39, 0.29) is 15.5 Å². The van der Waals surface area contributed by atoms with Gasteiger partial charge in [0, 0.05) is 24.1 Å². The number of sulfonamides is 1. The molecular formula is C16H14FN3O3S2. The number of nitrogens with one attached hydrogen (secondary N) is 1. The first-order valence-corrected chi connectivity index (χ1v) is 9.55. The molecule has 0 amide bonds. The third-order valence-corrected chi connectivity index (χ3v) is 6.34. The lowest BCUT2D eigenvalue weighted by atomic mass is 10.2. The number of thiophene rings is 1. The molecular weight excluding hydrogens is 365 g/mol. The van der Waals surface area contributed by atoms with Gasteiger partial charge in [0.15, 0.2) is 0 Å². The Balaban J connectivity index is 1.90. The molecule has 3 rings (SSSR count). The van der Waals surface area contributed by atoms with Crippen LogP contribution in [0.1, 0.15) is 5.56 Å². The van der Waals surface area contributed by atoms with Crippen LogP contribution in [0.2, 0.25) is 0 Å². The van der Waals surface area contributed by atoms with Crippen LogP contribution in [0.3, 0.4) is 0 Å². The predicted molar refractivity (Wildman–Crippen MR) is 94.7 cm³/mol. The zero-order chi connectivity index (χ0) is 18.2. The molecule has 1 N–H and O–H groups in total. The highest BCUT2D eigenvalue weighted by molar-refractivity contribution is 7.94. The first-order valence-electron chi connectivity index (χ1n) is 7.18. The molecule has 130 valence electrons. The Morgan fingerprint density at radius 2 is 1.96 bits per heavy atom. The first-order chi connectivity index (χ1) is 11.8. The van der Waals surface area contributed by atoms with Crippen molar-refractivity contribution in [2.24, 2.45) is 7.05 Å². The Morgan fingerprint density at radius 1 is 1.20 bits per heavy atom. The van der Waals surface area contributed by atoms with Gasteiger partial charge in [-0.2, -0.15) is 5.10 Å². The maximum absolute atomic E-state index is 13.6. The summed E-state index contributed by atoms with van der Waals surface area (Å²) in [5, 5.41) is 5.73. The quantitative estimate of drug-likeness (QED) is 0.756. The molecule has 0 spiro atoms. The van der Waals surface area contributed by atoms with E-state index in [1.807, 2.05) is 0 Å². The van der Waals surface area contributed by atoms with E-state index in [1.165, 1.54) is 42.1 Å². The molecule has 0 radical (unpaired) electrons. The zero-order valence-corrected chi connectivity index (χ0v) is 15.0. The van der Waals surface area contributed by atoms with Crippen molar-refractivity contribution < 1.29 is 12.8 Å². The SMILES string of the molecule is Cc1ccc(NS(=O)(=O)c2cc(-c3ccc(=O)n(C)n3)cs2)cc1F. The number of hydrogen-bond acceptors (Lipinski definition) is 5. The molecule has 0 atom stereocenters. The van der Waals surface area contributed by atoms with E-state index < -0.39 is 15.8 Å². The highest BCUT2D eigenvalue weighted by Crippen LogP contribution is 2.28. The van der Waals surface area contributed by atoms with Gasteiger partial charge in [0.2, 0.25) is 0 Å². The predicted octanol–water partition coefficient (Wildman–Crippen LogP) is 2.76. The van der Waals surface area contributed by atoms with Crippen LogP contribution in [-0.4, -0.2) is 18.2 Å². The van der Waals surface area contributed by atoms with Crippen molar-refractivity contribution >= 4 is 27.0 Å². The van der Waals surface area contributed by atoms with Crippen molar-refractivity contribution in [3.63, 3.8) is 0 Å². The van der Waals surface area contributed by atoms with Gasteiger partial charge in [-0.25, -0.2) is 17.5 Å². The van der Waals surface area contributed by atoms with Crippen molar-refractivity contribution in [1.82, 2.24) is 9.78 Å². The smallest absolute Gasteiger partial charge is 0.271 e. The molecule has 0 aliphatic rings. The largest absolute Gasteiger partial charge is 0.279 e. The highest BCUT2D eigenvalue weighted by atomic mass is 32.2. The average Bonchev–Trinajstić information content (AvgIpc) is 3.04. The second-order valence-electron chi connectivity index (χ2n) is 5.40. The Hall–Kier alpha value is -2.52. The van der Waals surface area contributed by atoms with Crippen LogP contribution >= 0.6 is 11.3 Å². The van der Waals surface area contributed by atoms with Gasteiger partial charge in [-0.1, -0.05) is 6.07 Å². The molecule has 6 nitrogen and oxygen atoms in total. The molecule has 0 aliphatic heterocycles. The number of halogens is 1. The van der Waals surface area contributed by atoms with E-state index in [9.17, 15) is 17.6 Å². The van der Waals surface area contributed by atoms with Gasteiger partial charge >= 0.3 is 0 Å². The number of aryl methyl sites for hydroxylation is 2. The Bertz CT molecular complexity index is 1100. The van der Waals surface area contributed by atoms with Crippen molar-refractivity contribution in [2.45, 2.75) is 11.1 Å². The monoisotopic (exact) mass is 379 g/mol. The maximum Gasteiger partial charge on any atom is 0.271 e. The minimum Gasteiger partial charge on any atom is -0.279 e. The molecule has 0 saturated carbocycles. The van der Waals surface area contributed by atoms with Crippen LogP contribution < -0.4 is 10.3 Å². The maximum atomic E-state index is 13.6. The normalized spacial score (nSPS) is 11.5. The number of benzene rings is 1. The van der Waals surface area contributed by atoms with Crippen LogP contribution in [-0.2, 0) is 17.1 Å². The Kier molecular flexibility index (Phi) is 4.44. The van der Waals surface area contributed by atoms with Crippen LogP contribution in [0.4, 0.5) is 10.1 Å². The summed E-state index contributed by atoms with van der Waals surface area (Å²) in [6.45, 7) is 1.60. The number of rotatable bonds is 4. The number of aromatic nitrogens is 2. The van der Waals surface area contributed by atoms with Crippen molar-refractivity contribution in [1.29, 1.82) is 0 Å². The van der Waals surface area contributed by atoms with Gasteiger partial charge in [0.1, 0.15) is 10.0 Å². The van der Waals surface area contributed by atoms with Crippen LogP contribution in [0.25, 0.3) is 11.3 Å². The van der Waals surface area contributed by atoms with E-state index in [2.05, 4.69) is 9.82 Å². The summed E-state index contributed by atoms with van der Waals surface area (Å²) in [6.07, 6.45) is 0.